The van der Waals surface area contributed by atoms with Crippen LogP contribution in [0.25, 0.3) is 0 Å². The molecule has 0 amide bonds. The maximum Gasteiger partial charge on any atom is 0.389 e. The van der Waals surface area contributed by atoms with Crippen LogP contribution in [0.3, 0.4) is 0 Å². The summed E-state index contributed by atoms with van der Waals surface area (Å²) in [5.41, 5.74) is -0.394. The van der Waals surface area contributed by atoms with Gasteiger partial charge >= 0.3 is 6.18 Å². The molecular weight excluding hydrogens is 241 g/mol. The average molecular weight is 264 g/mol. The van der Waals surface area contributed by atoms with Crippen LogP contribution >= 0.6 is 0 Å². The van der Waals surface area contributed by atoms with Gasteiger partial charge in [-0.3, -0.25) is 0 Å². The summed E-state index contributed by atoms with van der Waals surface area (Å²) in [6, 6.07) is 0. The van der Waals surface area contributed by atoms with E-state index in [9.17, 15) is 18.3 Å². The largest absolute Gasteiger partial charge is 0.390 e. The molecule has 0 radical (unpaired) electrons. The molecule has 2 aliphatic carbocycles. The fraction of sp³-hybridized carbons (Fsp3) is 1.00. The van der Waals surface area contributed by atoms with Gasteiger partial charge in [0.05, 0.1) is 5.60 Å². The van der Waals surface area contributed by atoms with Crippen LogP contribution in [-0.2, 0) is 0 Å². The fourth-order valence-electron chi connectivity index (χ4n) is 3.74. The third-order valence-electron chi connectivity index (χ3n) is 5.01. The quantitative estimate of drug-likeness (QED) is 0.790. The maximum absolute atomic E-state index is 12.1. The smallest absolute Gasteiger partial charge is 0.389 e. The number of hydrogen-bond acceptors (Lipinski definition) is 1. The monoisotopic (exact) mass is 264 g/mol. The van der Waals surface area contributed by atoms with Crippen molar-refractivity contribution >= 4 is 0 Å². The van der Waals surface area contributed by atoms with Gasteiger partial charge in [0.1, 0.15) is 0 Å². The second-order valence-electron chi connectivity index (χ2n) is 6.40. The lowest BCUT2D eigenvalue weighted by molar-refractivity contribution is -0.139. The van der Waals surface area contributed by atoms with E-state index in [1.165, 1.54) is 25.7 Å². The number of aliphatic hydroxyl groups is 1. The molecular formula is C14H23F3O. The topological polar surface area (TPSA) is 20.2 Å². The van der Waals surface area contributed by atoms with Gasteiger partial charge in [-0.15, -0.1) is 0 Å². The summed E-state index contributed by atoms with van der Waals surface area (Å²) in [6.45, 7) is 0. The van der Waals surface area contributed by atoms with Crippen molar-refractivity contribution in [2.24, 2.45) is 5.41 Å². The fourth-order valence-corrected chi connectivity index (χ4v) is 3.74. The average Bonchev–Trinajstić information content (AvgIpc) is 2.71. The lowest BCUT2D eigenvalue weighted by atomic mass is 9.66. The summed E-state index contributed by atoms with van der Waals surface area (Å²) >= 11 is 0. The Labute approximate surface area is 107 Å². The Balaban J connectivity index is 1.76. The first-order valence-corrected chi connectivity index (χ1v) is 7.12. The van der Waals surface area contributed by atoms with E-state index in [0.717, 1.165) is 12.8 Å². The molecule has 1 N–H and O–H groups in total. The highest BCUT2D eigenvalue weighted by molar-refractivity contribution is 4.95. The van der Waals surface area contributed by atoms with Crippen LogP contribution in [0.2, 0.25) is 0 Å². The van der Waals surface area contributed by atoms with E-state index in [1.807, 2.05) is 0 Å². The number of halogens is 3. The molecule has 0 heterocycles. The highest BCUT2D eigenvalue weighted by atomic mass is 19.4. The van der Waals surface area contributed by atoms with Gasteiger partial charge in [0.15, 0.2) is 0 Å². The molecule has 0 bridgehead atoms. The van der Waals surface area contributed by atoms with Gasteiger partial charge in [-0.25, -0.2) is 0 Å². The van der Waals surface area contributed by atoms with Crippen LogP contribution in [0.4, 0.5) is 13.2 Å². The first-order chi connectivity index (χ1) is 8.33. The summed E-state index contributed by atoms with van der Waals surface area (Å²) in [5.74, 6) is 0. The zero-order chi connectivity index (χ0) is 13.3. The second kappa shape index (κ2) is 5.03. The molecule has 4 heteroatoms. The molecule has 0 saturated heterocycles. The Bertz CT molecular complexity index is 269. The van der Waals surface area contributed by atoms with Crippen molar-refractivity contribution in [2.75, 3.05) is 0 Å². The van der Waals surface area contributed by atoms with Crippen molar-refractivity contribution in [3.63, 3.8) is 0 Å². The number of alkyl halides is 3. The Morgan fingerprint density at radius 1 is 0.889 bits per heavy atom. The van der Waals surface area contributed by atoms with Gasteiger partial charge in [0, 0.05) is 6.42 Å². The zero-order valence-corrected chi connectivity index (χ0v) is 10.9. The summed E-state index contributed by atoms with van der Waals surface area (Å²) in [7, 11) is 0. The van der Waals surface area contributed by atoms with Crippen molar-refractivity contribution in [3.05, 3.63) is 0 Å². The van der Waals surface area contributed by atoms with Crippen LogP contribution in [0.5, 0.6) is 0 Å². The molecule has 0 atom stereocenters. The highest BCUT2D eigenvalue weighted by Crippen LogP contribution is 2.52. The Hall–Kier alpha value is -0.250. The van der Waals surface area contributed by atoms with Gasteiger partial charge in [-0.2, -0.15) is 13.2 Å². The molecule has 0 unspecified atom stereocenters. The molecule has 106 valence electrons. The van der Waals surface area contributed by atoms with Crippen molar-refractivity contribution in [1.29, 1.82) is 0 Å². The van der Waals surface area contributed by atoms with Crippen molar-refractivity contribution in [2.45, 2.75) is 82.4 Å². The lowest BCUT2D eigenvalue weighted by Crippen LogP contribution is -2.38. The van der Waals surface area contributed by atoms with Gasteiger partial charge in [-0.1, -0.05) is 12.8 Å². The Morgan fingerprint density at radius 2 is 1.44 bits per heavy atom. The van der Waals surface area contributed by atoms with E-state index in [1.54, 1.807) is 0 Å². The van der Waals surface area contributed by atoms with Crippen LogP contribution in [-0.4, -0.2) is 16.9 Å². The molecule has 1 spiro atoms. The third kappa shape index (κ3) is 3.62. The van der Waals surface area contributed by atoms with E-state index in [0.29, 0.717) is 24.7 Å². The van der Waals surface area contributed by atoms with Gasteiger partial charge in [-0.05, 0) is 56.8 Å². The molecule has 2 saturated carbocycles. The minimum absolute atomic E-state index is 0.0625. The minimum atomic E-state index is -4.09. The second-order valence-corrected chi connectivity index (χ2v) is 6.40. The van der Waals surface area contributed by atoms with Crippen molar-refractivity contribution in [1.82, 2.24) is 0 Å². The van der Waals surface area contributed by atoms with E-state index in [2.05, 4.69) is 0 Å². The third-order valence-corrected chi connectivity index (χ3v) is 5.01. The number of rotatable bonds is 3. The van der Waals surface area contributed by atoms with Gasteiger partial charge in [0.2, 0.25) is 0 Å². The van der Waals surface area contributed by atoms with Gasteiger partial charge < -0.3 is 5.11 Å². The van der Waals surface area contributed by atoms with Crippen LogP contribution in [0, 0.1) is 5.41 Å². The van der Waals surface area contributed by atoms with Crippen molar-refractivity contribution < 1.29 is 18.3 Å². The molecule has 0 aromatic rings. The SMILES string of the molecule is OC1(CCCC(F)(F)F)CCC2(CCCC2)CC1. The Morgan fingerprint density at radius 3 is 1.94 bits per heavy atom. The normalized spacial score (nSPS) is 26.7. The summed E-state index contributed by atoms with van der Waals surface area (Å²) in [4.78, 5) is 0. The molecule has 2 fully saturated rings. The predicted octanol–water partition coefficient (Wildman–Crippen LogP) is 4.58. The molecule has 2 aliphatic rings. The van der Waals surface area contributed by atoms with Crippen LogP contribution in [0.1, 0.15) is 70.6 Å². The van der Waals surface area contributed by atoms with E-state index >= 15 is 0 Å². The predicted molar refractivity (Wildman–Crippen MR) is 64.2 cm³/mol. The highest BCUT2D eigenvalue weighted by Gasteiger charge is 2.43. The van der Waals surface area contributed by atoms with Gasteiger partial charge in [0.25, 0.3) is 0 Å². The zero-order valence-electron chi connectivity index (χ0n) is 10.9. The summed E-state index contributed by atoms with van der Waals surface area (Å²) in [6.07, 6.45) is 4.02. The van der Waals surface area contributed by atoms with E-state index < -0.39 is 18.2 Å². The van der Waals surface area contributed by atoms with Crippen molar-refractivity contribution in [3.8, 4) is 0 Å². The standard InChI is InChI=1S/C14H23F3O/c15-14(16,17)7-3-6-13(18)10-8-12(9-11-13)4-1-2-5-12/h18H,1-11H2. The molecule has 18 heavy (non-hydrogen) atoms. The summed E-state index contributed by atoms with van der Waals surface area (Å²) in [5, 5.41) is 10.3. The van der Waals surface area contributed by atoms with E-state index in [4.69, 9.17) is 0 Å². The van der Waals surface area contributed by atoms with Crippen LogP contribution in [0.15, 0.2) is 0 Å². The molecule has 0 aromatic carbocycles. The molecule has 2 rings (SSSR count). The first-order valence-electron chi connectivity index (χ1n) is 7.12. The minimum Gasteiger partial charge on any atom is -0.390 e. The molecule has 1 nitrogen and oxygen atoms in total. The Kier molecular flexibility index (Phi) is 3.96. The van der Waals surface area contributed by atoms with E-state index in [-0.39, 0.29) is 6.42 Å². The molecule has 0 aliphatic heterocycles. The first kappa shape index (κ1) is 14.2. The summed E-state index contributed by atoms with van der Waals surface area (Å²) < 4.78 is 36.3. The number of hydrogen-bond donors (Lipinski definition) is 1. The lowest BCUT2D eigenvalue weighted by Gasteiger charge is -2.42. The molecule has 0 aromatic heterocycles. The van der Waals surface area contributed by atoms with Crippen LogP contribution < -0.4 is 0 Å². The maximum atomic E-state index is 12.1.